The summed E-state index contributed by atoms with van der Waals surface area (Å²) in [6.07, 6.45) is 0.0555. The van der Waals surface area contributed by atoms with E-state index in [4.69, 9.17) is 20.8 Å². The van der Waals surface area contributed by atoms with E-state index < -0.39 is 11.6 Å². The Morgan fingerprint density at radius 1 is 0.893 bits per heavy atom. The van der Waals surface area contributed by atoms with Crippen LogP contribution in [0, 0.1) is 0 Å². The van der Waals surface area contributed by atoms with Crippen LogP contribution in [0.4, 0.5) is 0 Å². The third-order valence-corrected chi connectivity index (χ3v) is 4.56. The molecule has 0 spiro atoms. The number of esters is 1. The fourth-order valence-electron chi connectivity index (χ4n) is 3.00. The van der Waals surface area contributed by atoms with Crippen LogP contribution in [0.25, 0.3) is 22.1 Å². The molecule has 0 fully saturated rings. The normalized spacial score (nSPS) is 10.8. The second-order valence-corrected chi connectivity index (χ2v) is 6.67. The largest absolute Gasteiger partial charge is 0.425 e. The molecule has 0 unspecified atom stereocenters. The van der Waals surface area contributed by atoms with Gasteiger partial charge in [0.2, 0.25) is 0 Å². The van der Waals surface area contributed by atoms with Crippen molar-refractivity contribution >= 4 is 28.5 Å². The Morgan fingerprint density at radius 2 is 1.57 bits per heavy atom. The summed E-state index contributed by atoms with van der Waals surface area (Å²) in [6, 6.07) is 23.0. The maximum atomic E-state index is 12.7. The SMILES string of the molecule is O=C(Cc1ccc(Cl)cc1)Oc1c(-c2ccccc2)c(=O)oc2ccccc12. The number of fused-ring (bicyclic) bond motifs is 1. The second kappa shape index (κ2) is 7.71. The Labute approximate surface area is 166 Å². The van der Waals surface area contributed by atoms with Crippen molar-refractivity contribution in [2.45, 2.75) is 6.42 Å². The van der Waals surface area contributed by atoms with Crippen LogP contribution in [0.2, 0.25) is 5.02 Å². The number of ether oxygens (including phenoxy) is 1. The van der Waals surface area contributed by atoms with Crippen molar-refractivity contribution < 1.29 is 13.9 Å². The number of para-hydroxylation sites is 1. The monoisotopic (exact) mass is 390 g/mol. The van der Waals surface area contributed by atoms with Crippen LogP contribution >= 0.6 is 11.6 Å². The van der Waals surface area contributed by atoms with Crippen molar-refractivity contribution in [3.63, 3.8) is 0 Å². The first-order chi connectivity index (χ1) is 13.6. The highest BCUT2D eigenvalue weighted by atomic mass is 35.5. The van der Waals surface area contributed by atoms with Gasteiger partial charge in [-0.05, 0) is 35.4 Å². The Hall–Kier alpha value is -3.37. The van der Waals surface area contributed by atoms with Crippen LogP contribution in [0.1, 0.15) is 5.56 Å². The topological polar surface area (TPSA) is 56.5 Å². The van der Waals surface area contributed by atoms with E-state index in [-0.39, 0.29) is 17.7 Å². The standard InChI is InChI=1S/C23H15ClO4/c24-17-12-10-15(11-13-17)14-20(25)28-22-18-8-4-5-9-19(18)27-23(26)21(22)16-6-2-1-3-7-16/h1-13H,14H2. The first-order valence-electron chi connectivity index (χ1n) is 8.68. The van der Waals surface area contributed by atoms with Gasteiger partial charge in [0, 0.05) is 5.02 Å². The molecule has 3 aromatic carbocycles. The number of rotatable bonds is 4. The summed E-state index contributed by atoms with van der Waals surface area (Å²) >= 11 is 5.89. The van der Waals surface area contributed by atoms with Crippen molar-refractivity contribution in [3.05, 3.63) is 99.9 Å². The van der Waals surface area contributed by atoms with Crippen molar-refractivity contribution in [1.82, 2.24) is 0 Å². The minimum atomic E-state index is -0.556. The lowest BCUT2D eigenvalue weighted by Gasteiger charge is -2.12. The molecule has 0 bridgehead atoms. The van der Waals surface area contributed by atoms with Crippen molar-refractivity contribution in [2.24, 2.45) is 0 Å². The van der Waals surface area contributed by atoms with Crippen LogP contribution in [-0.4, -0.2) is 5.97 Å². The molecule has 4 rings (SSSR count). The molecule has 0 aliphatic rings. The molecule has 28 heavy (non-hydrogen) atoms. The quantitative estimate of drug-likeness (QED) is 0.352. The molecular formula is C23H15ClO4. The fraction of sp³-hybridized carbons (Fsp3) is 0.0435. The summed E-state index contributed by atoms with van der Waals surface area (Å²) in [5.74, 6) is -0.271. The lowest BCUT2D eigenvalue weighted by Crippen LogP contribution is -2.15. The average Bonchev–Trinajstić information content (AvgIpc) is 2.70. The predicted octanol–water partition coefficient (Wildman–Crippen LogP) is 5.26. The Morgan fingerprint density at radius 3 is 2.32 bits per heavy atom. The summed E-state index contributed by atoms with van der Waals surface area (Å²) in [6.45, 7) is 0. The average molecular weight is 391 g/mol. The van der Waals surface area contributed by atoms with Crippen LogP contribution in [-0.2, 0) is 11.2 Å². The molecule has 0 aliphatic carbocycles. The van der Waals surface area contributed by atoms with Gasteiger partial charge in [0.1, 0.15) is 11.1 Å². The van der Waals surface area contributed by atoms with Gasteiger partial charge >= 0.3 is 11.6 Å². The molecule has 4 aromatic rings. The van der Waals surface area contributed by atoms with Crippen molar-refractivity contribution in [2.75, 3.05) is 0 Å². The summed E-state index contributed by atoms with van der Waals surface area (Å²) < 4.78 is 11.1. The van der Waals surface area contributed by atoms with E-state index in [0.29, 0.717) is 21.6 Å². The highest BCUT2D eigenvalue weighted by Crippen LogP contribution is 2.34. The van der Waals surface area contributed by atoms with E-state index in [1.807, 2.05) is 18.2 Å². The van der Waals surface area contributed by atoms with Crippen LogP contribution in [0.3, 0.4) is 0 Å². The van der Waals surface area contributed by atoms with Crippen LogP contribution < -0.4 is 10.4 Å². The number of halogens is 1. The number of hydrogen-bond acceptors (Lipinski definition) is 4. The van der Waals surface area contributed by atoms with Crippen LogP contribution in [0.5, 0.6) is 5.75 Å². The molecule has 1 heterocycles. The zero-order valence-corrected chi connectivity index (χ0v) is 15.5. The van der Waals surface area contributed by atoms with E-state index in [1.165, 1.54) is 0 Å². The van der Waals surface area contributed by atoms with Gasteiger partial charge in [-0.3, -0.25) is 4.79 Å². The highest BCUT2D eigenvalue weighted by molar-refractivity contribution is 6.30. The molecule has 0 saturated heterocycles. The van der Waals surface area contributed by atoms with Crippen LogP contribution in [0.15, 0.2) is 88.1 Å². The maximum absolute atomic E-state index is 12.7. The van der Waals surface area contributed by atoms with E-state index in [9.17, 15) is 9.59 Å². The first kappa shape index (κ1) is 18.0. The third kappa shape index (κ3) is 3.68. The Balaban J connectivity index is 1.79. The smallest absolute Gasteiger partial charge is 0.348 e. The molecule has 0 amide bonds. The minimum absolute atomic E-state index is 0.0555. The maximum Gasteiger partial charge on any atom is 0.348 e. The number of hydrogen-bond donors (Lipinski definition) is 0. The first-order valence-corrected chi connectivity index (χ1v) is 9.06. The minimum Gasteiger partial charge on any atom is -0.425 e. The third-order valence-electron chi connectivity index (χ3n) is 4.31. The molecule has 0 radical (unpaired) electrons. The zero-order valence-electron chi connectivity index (χ0n) is 14.7. The van der Waals surface area contributed by atoms with Gasteiger partial charge in [-0.25, -0.2) is 4.79 Å². The number of carbonyl (C=O) groups is 1. The van der Waals surface area contributed by atoms with Gasteiger partial charge in [0.15, 0.2) is 5.75 Å². The molecular weight excluding hydrogens is 376 g/mol. The van der Waals surface area contributed by atoms with Gasteiger partial charge < -0.3 is 9.15 Å². The van der Waals surface area contributed by atoms with Gasteiger partial charge in [0.25, 0.3) is 0 Å². The summed E-state index contributed by atoms with van der Waals surface area (Å²) in [5.41, 5.74) is 1.42. The number of carbonyl (C=O) groups excluding carboxylic acids is 1. The molecule has 4 nitrogen and oxygen atoms in total. The molecule has 0 saturated carbocycles. The number of benzene rings is 3. The summed E-state index contributed by atoms with van der Waals surface area (Å²) in [5, 5.41) is 1.15. The van der Waals surface area contributed by atoms with Crippen molar-refractivity contribution in [1.29, 1.82) is 0 Å². The fourth-order valence-corrected chi connectivity index (χ4v) is 3.13. The van der Waals surface area contributed by atoms with Gasteiger partial charge in [-0.2, -0.15) is 0 Å². The molecule has 0 aliphatic heterocycles. The van der Waals surface area contributed by atoms with Gasteiger partial charge in [0.05, 0.1) is 11.8 Å². The predicted molar refractivity (Wildman–Crippen MR) is 109 cm³/mol. The Kier molecular flexibility index (Phi) is 4.96. The molecule has 0 N–H and O–H groups in total. The lowest BCUT2D eigenvalue weighted by atomic mass is 10.0. The summed E-state index contributed by atoms with van der Waals surface area (Å²) in [7, 11) is 0. The highest BCUT2D eigenvalue weighted by Gasteiger charge is 2.20. The van der Waals surface area contributed by atoms with Gasteiger partial charge in [-0.15, -0.1) is 0 Å². The molecule has 138 valence electrons. The zero-order chi connectivity index (χ0) is 19.5. The van der Waals surface area contributed by atoms with E-state index in [0.717, 1.165) is 5.56 Å². The summed E-state index contributed by atoms with van der Waals surface area (Å²) in [4.78, 5) is 25.3. The second-order valence-electron chi connectivity index (χ2n) is 6.23. The molecule has 0 atom stereocenters. The van der Waals surface area contributed by atoms with E-state index in [2.05, 4.69) is 0 Å². The molecule has 1 aromatic heterocycles. The van der Waals surface area contributed by atoms with E-state index >= 15 is 0 Å². The lowest BCUT2D eigenvalue weighted by molar-refractivity contribution is -0.133. The Bertz CT molecular complexity index is 1190. The van der Waals surface area contributed by atoms with E-state index in [1.54, 1.807) is 60.7 Å². The van der Waals surface area contributed by atoms with Gasteiger partial charge in [-0.1, -0.05) is 66.2 Å². The molecule has 5 heteroatoms. The van der Waals surface area contributed by atoms with Crippen molar-refractivity contribution in [3.8, 4) is 16.9 Å².